The van der Waals surface area contributed by atoms with E-state index in [2.05, 4.69) is 64.5 Å². The number of alkyl halides is 1. The number of nitrogens with one attached hydrogen (secondary N) is 1. The molecule has 3 aliphatic heterocycles. The molecule has 4 aliphatic rings. The molecule has 3 atom stereocenters. The Hall–Kier alpha value is -3.36. The number of benzene rings is 2. The molecule has 4 aromatic rings. The number of hydrogen-bond donors (Lipinski definition) is 1. The van der Waals surface area contributed by atoms with Gasteiger partial charge in [0.15, 0.2) is 5.82 Å². The molecule has 0 radical (unpaired) electrons. The maximum Gasteiger partial charge on any atom is 0.319 e. The third kappa shape index (κ3) is 4.81. The van der Waals surface area contributed by atoms with E-state index < -0.39 is 6.17 Å². The van der Waals surface area contributed by atoms with Crippen LogP contribution in [0.15, 0.2) is 48.7 Å². The van der Waals surface area contributed by atoms with Crippen LogP contribution in [0, 0.1) is 12.3 Å². The highest BCUT2D eigenvalue weighted by Gasteiger charge is 2.46. The van der Waals surface area contributed by atoms with Crippen LogP contribution in [0.4, 0.5) is 10.2 Å². The van der Waals surface area contributed by atoms with E-state index in [0.717, 1.165) is 67.0 Å². The second kappa shape index (κ2) is 9.88. The number of rotatable bonds is 7. The van der Waals surface area contributed by atoms with Crippen LogP contribution in [0.3, 0.4) is 0 Å². The molecular weight excluding hydrogens is 515 g/mol. The Bertz CT molecular complexity index is 1610. The van der Waals surface area contributed by atoms with Gasteiger partial charge in [-0.15, -0.1) is 0 Å². The first kappa shape index (κ1) is 25.4. The first-order valence-electron chi connectivity index (χ1n) is 15.2. The first-order valence-corrected chi connectivity index (χ1v) is 15.2. The number of likely N-dealkylation sites (tertiary alicyclic amines) is 1. The van der Waals surface area contributed by atoms with Crippen LogP contribution in [-0.2, 0) is 0 Å². The molecule has 5 heterocycles. The lowest BCUT2D eigenvalue weighted by Gasteiger charge is -2.34. The van der Waals surface area contributed by atoms with Crippen LogP contribution >= 0.6 is 0 Å². The number of pyridine rings is 1. The zero-order chi connectivity index (χ0) is 27.6. The number of fused-ring (bicyclic) bond motifs is 4. The summed E-state index contributed by atoms with van der Waals surface area (Å²) in [6, 6.07) is 16.4. The molecule has 212 valence electrons. The normalized spacial score (nSPS) is 25.3. The minimum absolute atomic E-state index is 0.0806. The van der Waals surface area contributed by atoms with Gasteiger partial charge >= 0.3 is 6.01 Å². The van der Waals surface area contributed by atoms with Crippen LogP contribution in [0.5, 0.6) is 6.01 Å². The minimum atomic E-state index is -0.695. The number of piperazine rings is 1. The first-order chi connectivity index (χ1) is 20.0. The Morgan fingerprint density at radius 3 is 2.59 bits per heavy atom. The molecule has 3 saturated heterocycles. The van der Waals surface area contributed by atoms with E-state index in [1.54, 1.807) is 0 Å². The second-order valence-corrected chi connectivity index (χ2v) is 12.9. The van der Waals surface area contributed by atoms with Crippen molar-refractivity contribution in [2.45, 2.75) is 57.3 Å². The average Bonchev–Trinajstić information content (AvgIpc) is 3.50. The van der Waals surface area contributed by atoms with Crippen LogP contribution in [0.1, 0.15) is 37.7 Å². The molecule has 2 bridgehead atoms. The number of halogens is 1. The van der Waals surface area contributed by atoms with Crippen molar-refractivity contribution in [2.24, 2.45) is 5.41 Å². The van der Waals surface area contributed by atoms with E-state index in [0.29, 0.717) is 37.7 Å². The van der Waals surface area contributed by atoms with Crippen LogP contribution in [0.25, 0.3) is 32.9 Å². The van der Waals surface area contributed by atoms with Gasteiger partial charge in [-0.25, -0.2) is 4.39 Å². The maximum absolute atomic E-state index is 13.8. The fourth-order valence-corrected chi connectivity index (χ4v) is 7.30. The molecule has 1 aliphatic carbocycles. The van der Waals surface area contributed by atoms with Gasteiger partial charge in [0.1, 0.15) is 11.7 Å². The van der Waals surface area contributed by atoms with Gasteiger partial charge < -0.3 is 15.0 Å². The Morgan fingerprint density at radius 2 is 1.83 bits per heavy atom. The van der Waals surface area contributed by atoms with Crippen LogP contribution in [0.2, 0.25) is 0 Å². The molecular formula is C33H37FN6O. The van der Waals surface area contributed by atoms with Gasteiger partial charge in [-0.05, 0) is 67.0 Å². The summed E-state index contributed by atoms with van der Waals surface area (Å²) in [6.07, 6.45) is 6.53. The number of aromatic nitrogens is 3. The van der Waals surface area contributed by atoms with Gasteiger partial charge in [-0.1, -0.05) is 36.4 Å². The van der Waals surface area contributed by atoms with Crippen LogP contribution in [-0.4, -0.2) is 77.4 Å². The molecule has 1 saturated carbocycles. The molecule has 2 aromatic heterocycles. The highest BCUT2D eigenvalue weighted by molar-refractivity contribution is 6.00. The molecule has 4 fully saturated rings. The fraction of sp³-hybridized carbons (Fsp3) is 0.485. The molecule has 1 N–H and O–H groups in total. The highest BCUT2D eigenvalue weighted by Crippen LogP contribution is 2.47. The van der Waals surface area contributed by atoms with Gasteiger partial charge in [-0.3, -0.25) is 9.88 Å². The predicted octanol–water partition coefficient (Wildman–Crippen LogP) is 5.30. The van der Waals surface area contributed by atoms with Crippen LogP contribution < -0.4 is 15.0 Å². The van der Waals surface area contributed by atoms with Gasteiger partial charge in [0, 0.05) is 62.0 Å². The van der Waals surface area contributed by atoms with E-state index in [1.807, 2.05) is 6.20 Å². The minimum Gasteiger partial charge on any atom is -0.463 e. The zero-order valence-corrected chi connectivity index (χ0v) is 23.7. The molecule has 7 nitrogen and oxygen atoms in total. The smallest absolute Gasteiger partial charge is 0.319 e. The molecule has 2 aromatic carbocycles. The number of ether oxygens (including phenoxy) is 1. The van der Waals surface area contributed by atoms with E-state index in [-0.39, 0.29) is 5.41 Å². The second-order valence-electron chi connectivity index (χ2n) is 12.9. The summed E-state index contributed by atoms with van der Waals surface area (Å²) in [5.41, 5.74) is 5.16. The lowest BCUT2D eigenvalue weighted by atomic mass is 9.96. The standard InChI is InChI=1S/C33H37FN6O/c1-21-4-2-5-22-6-3-7-27(29(21)22)23-14-28-30(35-15-23)31(40-17-25-8-9-26(18-40)36-25)38-32(37-28)41-20-33(11-12-33)19-39-13-10-24(34)16-39/h2-7,14-15,24-26,36H,8-13,16-20H2,1H3/t24-,25?,26?/m1/s1. The van der Waals surface area contributed by atoms with Crippen molar-refractivity contribution in [3.8, 4) is 17.1 Å². The van der Waals surface area contributed by atoms with Crippen molar-refractivity contribution in [3.05, 3.63) is 54.2 Å². The Labute approximate surface area is 240 Å². The van der Waals surface area contributed by atoms with E-state index in [4.69, 9.17) is 19.7 Å². The molecule has 0 amide bonds. The molecule has 8 heteroatoms. The Morgan fingerprint density at radius 1 is 1.02 bits per heavy atom. The predicted molar refractivity (Wildman–Crippen MR) is 160 cm³/mol. The summed E-state index contributed by atoms with van der Waals surface area (Å²) in [5, 5.41) is 6.19. The number of anilines is 1. The Kier molecular flexibility index (Phi) is 6.11. The lowest BCUT2D eigenvalue weighted by Crippen LogP contribution is -2.51. The SMILES string of the molecule is Cc1cccc2cccc(-c3cnc4c(N5CC6CCC(C5)N6)nc(OCC5(CN6CC[C@@H](F)C6)CC5)nc4c3)c12. The van der Waals surface area contributed by atoms with Crippen molar-refractivity contribution in [3.63, 3.8) is 0 Å². The number of aryl methyl sites for hydroxylation is 1. The summed E-state index contributed by atoms with van der Waals surface area (Å²) in [5.74, 6) is 0.869. The van der Waals surface area contributed by atoms with Gasteiger partial charge in [0.2, 0.25) is 0 Å². The molecule has 8 rings (SSSR count). The third-order valence-electron chi connectivity index (χ3n) is 9.68. The number of hydrogen-bond acceptors (Lipinski definition) is 7. The molecule has 2 unspecified atom stereocenters. The topological polar surface area (TPSA) is 66.4 Å². The largest absolute Gasteiger partial charge is 0.463 e. The molecule has 41 heavy (non-hydrogen) atoms. The van der Waals surface area contributed by atoms with E-state index in [1.165, 1.54) is 29.2 Å². The number of nitrogens with zero attached hydrogens (tertiary/aromatic N) is 5. The summed E-state index contributed by atoms with van der Waals surface area (Å²) in [6.45, 7) is 6.83. The van der Waals surface area contributed by atoms with Crippen molar-refractivity contribution in [1.29, 1.82) is 0 Å². The lowest BCUT2D eigenvalue weighted by molar-refractivity contribution is 0.165. The van der Waals surface area contributed by atoms with Gasteiger partial charge in [-0.2, -0.15) is 9.97 Å². The quantitative estimate of drug-likeness (QED) is 0.334. The maximum atomic E-state index is 13.8. The highest BCUT2D eigenvalue weighted by atomic mass is 19.1. The summed E-state index contributed by atoms with van der Waals surface area (Å²) in [7, 11) is 0. The van der Waals surface area contributed by atoms with Gasteiger partial charge in [0.05, 0.1) is 12.1 Å². The third-order valence-corrected chi connectivity index (χ3v) is 9.68. The zero-order valence-electron chi connectivity index (χ0n) is 23.7. The summed E-state index contributed by atoms with van der Waals surface area (Å²) >= 11 is 0. The summed E-state index contributed by atoms with van der Waals surface area (Å²) in [4.78, 5) is 19.6. The van der Waals surface area contributed by atoms with Gasteiger partial charge in [0.25, 0.3) is 0 Å². The monoisotopic (exact) mass is 552 g/mol. The van der Waals surface area contributed by atoms with Crippen molar-refractivity contribution in [2.75, 3.05) is 44.2 Å². The molecule has 0 spiro atoms. The average molecular weight is 553 g/mol. The summed E-state index contributed by atoms with van der Waals surface area (Å²) < 4.78 is 20.2. The van der Waals surface area contributed by atoms with E-state index in [9.17, 15) is 4.39 Å². The van der Waals surface area contributed by atoms with Crippen molar-refractivity contribution < 1.29 is 9.13 Å². The Balaban J connectivity index is 1.16. The van der Waals surface area contributed by atoms with E-state index >= 15 is 0 Å². The fourth-order valence-electron chi connectivity index (χ4n) is 7.30. The van der Waals surface area contributed by atoms with Crippen molar-refractivity contribution in [1.82, 2.24) is 25.2 Å². The van der Waals surface area contributed by atoms with Crippen molar-refractivity contribution >= 4 is 27.6 Å².